The summed E-state index contributed by atoms with van der Waals surface area (Å²) in [6.45, 7) is 9.25. The lowest BCUT2D eigenvalue weighted by molar-refractivity contribution is -0.108. The van der Waals surface area contributed by atoms with Crippen molar-refractivity contribution in [1.29, 1.82) is 0 Å². The van der Waals surface area contributed by atoms with Crippen LogP contribution in [0.4, 0.5) is 0 Å². The van der Waals surface area contributed by atoms with Crippen LogP contribution in [0.1, 0.15) is 27.2 Å². The fourth-order valence-electron chi connectivity index (χ4n) is 0.977. The molecule has 2 nitrogen and oxygen atoms in total. The summed E-state index contributed by atoms with van der Waals surface area (Å²) in [6, 6.07) is 0. The summed E-state index contributed by atoms with van der Waals surface area (Å²) < 4.78 is 0.272. The van der Waals surface area contributed by atoms with Crippen molar-refractivity contribution in [3.05, 3.63) is 24.3 Å². The summed E-state index contributed by atoms with van der Waals surface area (Å²) in [5.74, 6) is 1.64. The van der Waals surface area contributed by atoms with Crippen LogP contribution in [0.25, 0.3) is 0 Å². The van der Waals surface area contributed by atoms with E-state index in [0.29, 0.717) is 5.57 Å². The van der Waals surface area contributed by atoms with Gasteiger partial charge in [-0.3, -0.25) is 9.59 Å². The van der Waals surface area contributed by atoms with Crippen LogP contribution in [-0.4, -0.2) is 26.3 Å². The third-order valence-corrected chi connectivity index (χ3v) is 5.94. The van der Waals surface area contributed by atoms with Crippen LogP contribution in [0.2, 0.25) is 0 Å². The highest BCUT2D eigenvalue weighted by molar-refractivity contribution is 8.25. The second-order valence-electron chi connectivity index (χ2n) is 3.56. The van der Waals surface area contributed by atoms with Crippen LogP contribution in [-0.2, 0) is 9.59 Å². The van der Waals surface area contributed by atoms with E-state index >= 15 is 0 Å². The second-order valence-corrected chi connectivity index (χ2v) is 7.45. The normalized spacial score (nSPS) is 12.6. The molecule has 0 amide bonds. The number of thioether (sulfide) groups is 3. The Hall–Kier alpha value is -0.130. The highest BCUT2D eigenvalue weighted by Gasteiger charge is 2.11. The Morgan fingerprint density at radius 1 is 1.33 bits per heavy atom. The Bertz CT molecular complexity index is 324. The molecular weight excluding hydrogens is 284 g/mol. The van der Waals surface area contributed by atoms with Crippen molar-refractivity contribution in [2.24, 2.45) is 0 Å². The molecule has 0 aromatic carbocycles. The Kier molecular flexibility index (Phi) is 10.7. The molecule has 0 aromatic heterocycles. The van der Waals surface area contributed by atoms with Crippen LogP contribution in [0.5, 0.6) is 0 Å². The van der Waals surface area contributed by atoms with Gasteiger partial charge < -0.3 is 0 Å². The van der Waals surface area contributed by atoms with Crippen LogP contribution < -0.4 is 0 Å². The highest BCUT2D eigenvalue weighted by atomic mass is 32.2. The lowest BCUT2D eigenvalue weighted by Gasteiger charge is -2.11. The molecule has 18 heavy (non-hydrogen) atoms. The zero-order chi connectivity index (χ0) is 14.0. The summed E-state index contributed by atoms with van der Waals surface area (Å²) in [5.41, 5.74) is 0.592. The average molecular weight is 305 g/mol. The summed E-state index contributed by atoms with van der Waals surface area (Å²) in [4.78, 5) is 22.7. The first-order valence-electron chi connectivity index (χ1n) is 5.78. The molecule has 0 bridgehead atoms. The van der Waals surface area contributed by atoms with E-state index in [1.165, 1.54) is 23.5 Å². The first-order valence-corrected chi connectivity index (χ1v) is 8.70. The van der Waals surface area contributed by atoms with Gasteiger partial charge in [0.25, 0.3) is 0 Å². The Labute approximate surface area is 122 Å². The molecule has 1 unspecified atom stereocenters. The van der Waals surface area contributed by atoms with Crippen molar-refractivity contribution in [3.8, 4) is 0 Å². The maximum absolute atomic E-state index is 11.4. The van der Waals surface area contributed by atoms with Crippen molar-refractivity contribution in [3.63, 3.8) is 0 Å². The van der Waals surface area contributed by atoms with Crippen molar-refractivity contribution >= 4 is 45.5 Å². The van der Waals surface area contributed by atoms with Gasteiger partial charge in [0.15, 0.2) is 0 Å². The molecule has 102 valence electrons. The molecule has 0 saturated carbocycles. The predicted molar refractivity (Wildman–Crippen MR) is 86.2 cm³/mol. The van der Waals surface area contributed by atoms with Crippen LogP contribution in [0.3, 0.4) is 0 Å². The molecule has 0 radical (unpaired) electrons. The molecule has 0 aromatic rings. The standard InChI is InChI=1S/C13H20O2S3/c1-5-7-11(14)18-12(6-2)16-8-9-17-13(15)10(3)4/h5,7,12H,3,6,8-9H2,1-2,4H3. The van der Waals surface area contributed by atoms with Gasteiger partial charge in [-0.2, -0.15) is 0 Å². The third-order valence-electron chi connectivity index (χ3n) is 1.85. The van der Waals surface area contributed by atoms with Crippen LogP contribution in [0.15, 0.2) is 24.3 Å². The van der Waals surface area contributed by atoms with Crippen molar-refractivity contribution < 1.29 is 9.59 Å². The third kappa shape index (κ3) is 8.89. The fraction of sp³-hybridized carbons (Fsp3) is 0.538. The van der Waals surface area contributed by atoms with Crippen molar-refractivity contribution in [1.82, 2.24) is 0 Å². The zero-order valence-corrected chi connectivity index (χ0v) is 13.6. The smallest absolute Gasteiger partial charge is 0.214 e. The Morgan fingerprint density at radius 2 is 2.00 bits per heavy atom. The maximum Gasteiger partial charge on any atom is 0.214 e. The molecule has 5 heteroatoms. The lowest BCUT2D eigenvalue weighted by atomic mass is 10.4. The molecule has 1 atom stereocenters. The number of allylic oxidation sites excluding steroid dienone is 1. The van der Waals surface area contributed by atoms with E-state index in [0.717, 1.165) is 17.9 Å². The minimum atomic E-state index is 0.0568. The van der Waals surface area contributed by atoms with E-state index in [1.807, 2.05) is 6.92 Å². The number of carbonyl (C=O) groups excluding carboxylic acids is 2. The lowest BCUT2D eigenvalue weighted by Crippen LogP contribution is -2.03. The summed E-state index contributed by atoms with van der Waals surface area (Å²) >= 11 is 4.39. The zero-order valence-electron chi connectivity index (χ0n) is 11.1. The van der Waals surface area contributed by atoms with Crippen LogP contribution in [0, 0.1) is 0 Å². The van der Waals surface area contributed by atoms with Gasteiger partial charge in [-0.1, -0.05) is 43.1 Å². The molecule has 0 N–H and O–H groups in total. The Morgan fingerprint density at radius 3 is 2.50 bits per heavy atom. The van der Waals surface area contributed by atoms with E-state index in [-0.39, 0.29) is 14.8 Å². The van der Waals surface area contributed by atoms with Gasteiger partial charge in [0.05, 0.1) is 4.58 Å². The molecule has 0 rings (SSSR count). The van der Waals surface area contributed by atoms with Crippen LogP contribution >= 0.6 is 35.3 Å². The highest BCUT2D eigenvalue weighted by Crippen LogP contribution is 2.28. The molecule has 0 aliphatic carbocycles. The summed E-state index contributed by atoms with van der Waals surface area (Å²) in [7, 11) is 0. The van der Waals surface area contributed by atoms with E-state index in [4.69, 9.17) is 0 Å². The van der Waals surface area contributed by atoms with E-state index in [2.05, 4.69) is 13.5 Å². The number of carbonyl (C=O) groups is 2. The second kappa shape index (κ2) is 10.8. The monoisotopic (exact) mass is 304 g/mol. The molecular formula is C13H20O2S3. The average Bonchev–Trinajstić information content (AvgIpc) is 2.32. The largest absolute Gasteiger partial charge is 0.282 e. The summed E-state index contributed by atoms with van der Waals surface area (Å²) in [6.07, 6.45) is 4.29. The first-order chi connectivity index (χ1) is 8.51. The first kappa shape index (κ1) is 17.9. The molecule has 0 heterocycles. The van der Waals surface area contributed by atoms with Gasteiger partial charge in [0.1, 0.15) is 0 Å². The molecule has 0 fully saturated rings. The number of rotatable bonds is 8. The SMILES string of the molecule is C=C(C)C(=O)SCCSC(CC)SC(=O)C=CC. The van der Waals surface area contributed by atoms with Gasteiger partial charge in [0, 0.05) is 11.5 Å². The Balaban J connectivity index is 3.84. The van der Waals surface area contributed by atoms with Gasteiger partial charge in [0.2, 0.25) is 10.2 Å². The minimum absolute atomic E-state index is 0.0568. The molecule has 0 aliphatic heterocycles. The quantitative estimate of drug-likeness (QED) is 0.383. The number of hydrogen-bond acceptors (Lipinski definition) is 5. The number of hydrogen-bond donors (Lipinski definition) is 0. The van der Waals surface area contributed by atoms with Crippen molar-refractivity contribution in [2.75, 3.05) is 11.5 Å². The molecule has 0 aliphatic rings. The van der Waals surface area contributed by atoms with Gasteiger partial charge in [-0.15, -0.1) is 11.8 Å². The maximum atomic E-state index is 11.4. The summed E-state index contributed by atoms with van der Waals surface area (Å²) in [5, 5.41) is 0.156. The molecule has 0 saturated heterocycles. The minimum Gasteiger partial charge on any atom is -0.282 e. The van der Waals surface area contributed by atoms with Gasteiger partial charge >= 0.3 is 0 Å². The predicted octanol–water partition coefficient (Wildman–Crippen LogP) is 4.13. The molecule has 0 spiro atoms. The van der Waals surface area contributed by atoms with Crippen molar-refractivity contribution in [2.45, 2.75) is 31.8 Å². The van der Waals surface area contributed by atoms with E-state index in [9.17, 15) is 9.59 Å². The topological polar surface area (TPSA) is 34.1 Å². The van der Waals surface area contributed by atoms with E-state index in [1.54, 1.807) is 30.8 Å². The van der Waals surface area contributed by atoms with Gasteiger partial charge in [-0.05, 0) is 31.9 Å². The fourth-order valence-corrected chi connectivity index (χ4v) is 4.11. The van der Waals surface area contributed by atoms with E-state index < -0.39 is 0 Å². The van der Waals surface area contributed by atoms with Gasteiger partial charge in [-0.25, -0.2) is 0 Å².